The summed E-state index contributed by atoms with van der Waals surface area (Å²) < 4.78 is 39.4. The van der Waals surface area contributed by atoms with Crippen molar-refractivity contribution in [3.8, 4) is 17.8 Å². The molecule has 0 spiro atoms. The number of nitrogens with zero attached hydrogens (tertiary/aromatic N) is 5. The second-order valence-corrected chi connectivity index (χ2v) is 8.33. The van der Waals surface area contributed by atoms with Crippen LogP contribution >= 0.6 is 0 Å². The molecule has 2 aliphatic carbocycles. The van der Waals surface area contributed by atoms with Gasteiger partial charge in [0.2, 0.25) is 0 Å². The minimum Gasteiger partial charge on any atom is -0.282 e. The number of benzene rings is 2. The van der Waals surface area contributed by atoms with Crippen LogP contribution in [0.25, 0.3) is 5.69 Å². The second kappa shape index (κ2) is 10.7. The number of aromatic nitrogens is 4. The minimum absolute atomic E-state index is 0.00231. The molecule has 0 bridgehead atoms. The number of nitrogens with one attached hydrogen (secondary N) is 1. The van der Waals surface area contributed by atoms with Crippen molar-refractivity contribution in [3.63, 3.8) is 0 Å². The van der Waals surface area contributed by atoms with Crippen LogP contribution in [0.3, 0.4) is 0 Å². The van der Waals surface area contributed by atoms with Gasteiger partial charge in [-0.15, -0.1) is 0 Å². The molecule has 0 unspecified atom stereocenters. The predicted molar refractivity (Wildman–Crippen MR) is 122 cm³/mol. The number of hydrogen-bond donors (Lipinski definition) is 1. The zero-order valence-corrected chi connectivity index (χ0v) is 18.6. The van der Waals surface area contributed by atoms with Crippen molar-refractivity contribution in [1.82, 2.24) is 20.0 Å². The van der Waals surface area contributed by atoms with Crippen LogP contribution in [0, 0.1) is 40.1 Å². The molecule has 0 aliphatic heterocycles. The molecule has 1 N–H and O–H groups in total. The Morgan fingerprint density at radius 3 is 1.94 bits per heavy atom. The van der Waals surface area contributed by atoms with Crippen LogP contribution in [-0.2, 0) is 0 Å². The Morgan fingerprint density at radius 2 is 1.40 bits per heavy atom. The van der Waals surface area contributed by atoms with E-state index in [0.717, 1.165) is 29.8 Å². The average molecular weight is 474 g/mol. The summed E-state index contributed by atoms with van der Waals surface area (Å²) in [5.74, 6) is -0.478. The SMILES string of the molecule is N#Cc1cc(F)cc(-n2ccc(C3CC3)n2)c1.N#Cc1cc(F)cc(F)c1.c1cc(C2CC2)[nH]n1. The predicted octanol–water partition coefficient (Wildman–Crippen LogP) is 5.88. The van der Waals surface area contributed by atoms with E-state index in [1.54, 1.807) is 16.8 Å². The quantitative estimate of drug-likeness (QED) is 0.401. The lowest BCUT2D eigenvalue weighted by molar-refractivity contribution is 0.582. The summed E-state index contributed by atoms with van der Waals surface area (Å²) in [6, 6.07) is 14.5. The zero-order valence-electron chi connectivity index (χ0n) is 18.6. The summed E-state index contributed by atoms with van der Waals surface area (Å²) >= 11 is 0. The summed E-state index contributed by atoms with van der Waals surface area (Å²) in [5, 5.41) is 28.2. The Balaban J connectivity index is 0.000000136. The largest absolute Gasteiger partial charge is 0.282 e. The third-order valence-corrected chi connectivity index (χ3v) is 5.41. The van der Waals surface area contributed by atoms with Gasteiger partial charge < -0.3 is 0 Å². The van der Waals surface area contributed by atoms with Gasteiger partial charge in [-0.05, 0) is 68.1 Å². The van der Waals surface area contributed by atoms with E-state index in [1.165, 1.54) is 43.5 Å². The lowest BCUT2D eigenvalue weighted by atomic mass is 10.2. The Kier molecular flexibility index (Phi) is 7.27. The average Bonchev–Trinajstić information content (AvgIpc) is 3.78. The Morgan fingerprint density at radius 1 is 0.800 bits per heavy atom. The third kappa shape index (κ3) is 6.81. The summed E-state index contributed by atoms with van der Waals surface area (Å²) in [6.45, 7) is 0. The van der Waals surface area contributed by atoms with Gasteiger partial charge in [-0.1, -0.05) is 0 Å². The van der Waals surface area contributed by atoms with E-state index in [4.69, 9.17) is 10.5 Å². The maximum absolute atomic E-state index is 13.3. The molecular formula is C26H21F3N6. The molecule has 35 heavy (non-hydrogen) atoms. The van der Waals surface area contributed by atoms with Crippen molar-refractivity contribution in [3.05, 3.63) is 101 Å². The smallest absolute Gasteiger partial charge is 0.127 e. The summed E-state index contributed by atoms with van der Waals surface area (Å²) in [6.07, 6.45) is 8.69. The van der Waals surface area contributed by atoms with E-state index in [2.05, 4.69) is 21.4 Å². The zero-order chi connectivity index (χ0) is 24.8. The maximum atomic E-state index is 13.3. The first kappa shape index (κ1) is 23.8. The normalized spacial score (nSPS) is 14.0. The molecule has 176 valence electrons. The Bertz CT molecular complexity index is 1350. The van der Waals surface area contributed by atoms with Gasteiger partial charge in [0.25, 0.3) is 0 Å². The molecule has 0 atom stereocenters. The van der Waals surface area contributed by atoms with Gasteiger partial charge in [-0.3, -0.25) is 5.10 Å². The Hall–Kier alpha value is -4.37. The van der Waals surface area contributed by atoms with Gasteiger partial charge in [-0.25, -0.2) is 17.9 Å². The summed E-state index contributed by atoms with van der Waals surface area (Å²) in [5.41, 5.74) is 3.26. The fraction of sp³-hybridized carbons (Fsp3) is 0.231. The molecule has 9 heteroatoms. The van der Waals surface area contributed by atoms with Gasteiger partial charge in [0, 0.05) is 36.0 Å². The maximum Gasteiger partial charge on any atom is 0.127 e. The fourth-order valence-electron chi connectivity index (χ4n) is 3.36. The van der Waals surface area contributed by atoms with E-state index in [9.17, 15) is 13.2 Å². The Labute approximate surface area is 200 Å². The highest BCUT2D eigenvalue weighted by Gasteiger charge is 2.26. The van der Waals surface area contributed by atoms with E-state index in [-0.39, 0.29) is 5.56 Å². The van der Waals surface area contributed by atoms with Crippen LogP contribution in [0.5, 0.6) is 0 Å². The van der Waals surface area contributed by atoms with Crippen LogP contribution in [-0.4, -0.2) is 20.0 Å². The van der Waals surface area contributed by atoms with Crippen LogP contribution < -0.4 is 0 Å². The monoisotopic (exact) mass is 474 g/mol. The molecule has 2 heterocycles. The highest BCUT2D eigenvalue weighted by molar-refractivity contribution is 5.41. The molecule has 0 radical (unpaired) electrons. The molecule has 2 fully saturated rings. The molecule has 2 aromatic carbocycles. The number of H-pyrrole nitrogens is 1. The molecule has 6 nitrogen and oxygen atoms in total. The van der Waals surface area contributed by atoms with Gasteiger partial charge in [0.05, 0.1) is 34.6 Å². The topological polar surface area (TPSA) is 94.1 Å². The van der Waals surface area contributed by atoms with E-state index in [1.807, 2.05) is 24.5 Å². The van der Waals surface area contributed by atoms with Crippen molar-refractivity contribution in [2.24, 2.45) is 0 Å². The van der Waals surface area contributed by atoms with Gasteiger partial charge in [-0.2, -0.15) is 20.7 Å². The van der Waals surface area contributed by atoms with Crippen LogP contribution in [0.2, 0.25) is 0 Å². The van der Waals surface area contributed by atoms with Crippen LogP contribution in [0.4, 0.5) is 13.2 Å². The van der Waals surface area contributed by atoms with E-state index >= 15 is 0 Å². The number of aromatic amines is 1. The van der Waals surface area contributed by atoms with Gasteiger partial charge >= 0.3 is 0 Å². The highest BCUT2D eigenvalue weighted by Crippen LogP contribution is 2.39. The van der Waals surface area contributed by atoms with Crippen molar-refractivity contribution >= 4 is 0 Å². The first-order chi connectivity index (χ1) is 16.9. The summed E-state index contributed by atoms with van der Waals surface area (Å²) in [7, 11) is 0. The van der Waals surface area contributed by atoms with Crippen molar-refractivity contribution < 1.29 is 13.2 Å². The van der Waals surface area contributed by atoms with Crippen molar-refractivity contribution in [2.75, 3.05) is 0 Å². The van der Waals surface area contributed by atoms with Gasteiger partial charge in [0.15, 0.2) is 0 Å². The van der Waals surface area contributed by atoms with Crippen LogP contribution in [0.15, 0.2) is 60.9 Å². The molecule has 0 saturated heterocycles. The highest BCUT2D eigenvalue weighted by atomic mass is 19.1. The van der Waals surface area contributed by atoms with Crippen molar-refractivity contribution in [1.29, 1.82) is 10.5 Å². The first-order valence-corrected chi connectivity index (χ1v) is 11.1. The molecule has 2 saturated carbocycles. The number of rotatable bonds is 3. The first-order valence-electron chi connectivity index (χ1n) is 11.1. The minimum atomic E-state index is -0.725. The van der Waals surface area contributed by atoms with Gasteiger partial charge in [0.1, 0.15) is 17.5 Å². The van der Waals surface area contributed by atoms with E-state index < -0.39 is 17.5 Å². The molecule has 4 aromatic rings. The fourth-order valence-corrected chi connectivity index (χ4v) is 3.36. The number of nitriles is 2. The lowest BCUT2D eigenvalue weighted by Crippen LogP contribution is -1.97. The molecule has 6 rings (SSSR count). The second-order valence-electron chi connectivity index (χ2n) is 8.33. The lowest BCUT2D eigenvalue weighted by Gasteiger charge is -2.02. The molecule has 2 aromatic heterocycles. The van der Waals surface area contributed by atoms with E-state index in [0.29, 0.717) is 17.2 Å². The molecule has 0 amide bonds. The standard InChI is InChI=1S/C13H10FN3.C7H3F2N.C6H8N2/c14-11-5-9(8-15)6-12(7-11)17-4-3-13(16-17)10-1-2-10;8-6-1-5(4-10)2-7(9)3-6;1-2-5(1)6-3-4-7-8-6/h3-7,10H,1-2H2;1-3H;3-5H,1-2H2,(H,7,8). The number of halogens is 3. The number of hydrogen-bond acceptors (Lipinski definition) is 4. The third-order valence-electron chi connectivity index (χ3n) is 5.41. The molecular weight excluding hydrogens is 453 g/mol. The van der Waals surface area contributed by atoms with Crippen molar-refractivity contribution in [2.45, 2.75) is 37.5 Å². The summed E-state index contributed by atoms with van der Waals surface area (Å²) in [4.78, 5) is 0. The molecule has 2 aliphatic rings. The van der Waals surface area contributed by atoms with Crippen LogP contribution in [0.1, 0.15) is 60.0 Å².